The highest BCUT2D eigenvalue weighted by Crippen LogP contribution is 2.39. The summed E-state index contributed by atoms with van der Waals surface area (Å²) in [6.45, 7) is 0. The van der Waals surface area contributed by atoms with E-state index in [-0.39, 0.29) is 11.3 Å². The van der Waals surface area contributed by atoms with E-state index in [1.165, 1.54) is 12.1 Å². The lowest BCUT2D eigenvalue weighted by Gasteiger charge is -2.13. The molecule has 1 fully saturated rings. The molecule has 0 aliphatic heterocycles. The van der Waals surface area contributed by atoms with Crippen LogP contribution in [0.15, 0.2) is 24.3 Å². The molecule has 0 N–H and O–H groups in total. The van der Waals surface area contributed by atoms with E-state index < -0.39 is 11.7 Å². The minimum atomic E-state index is -4.25. The number of hydrogen-bond donors (Lipinski definition) is 0. The van der Waals surface area contributed by atoms with E-state index in [0.29, 0.717) is 0 Å². The van der Waals surface area contributed by atoms with Crippen molar-refractivity contribution in [2.75, 3.05) is 0 Å². The van der Waals surface area contributed by atoms with Crippen molar-refractivity contribution in [1.82, 2.24) is 0 Å². The highest BCUT2D eigenvalue weighted by molar-refractivity contribution is 6.20. The second-order valence-electron chi connectivity index (χ2n) is 4.23. The van der Waals surface area contributed by atoms with Gasteiger partial charge >= 0.3 is 6.18 Å². The highest BCUT2D eigenvalue weighted by atomic mass is 35.5. The van der Waals surface area contributed by atoms with Crippen LogP contribution in [0.1, 0.15) is 36.3 Å². The fourth-order valence-corrected chi connectivity index (χ4v) is 2.54. The summed E-state index contributed by atoms with van der Waals surface area (Å²) >= 11 is 5.96. The Morgan fingerprint density at radius 1 is 1.19 bits per heavy atom. The van der Waals surface area contributed by atoms with Gasteiger partial charge in [-0.25, -0.2) is 0 Å². The van der Waals surface area contributed by atoms with Crippen LogP contribution in [0.25, 0.3) is 0 Å². The molecular formula is C12H12ClF3. The fourth-order valence-electron chi connectivity index (χ4n) is 2.20. The molecular weight excluding hydrogens is 237 g/mol. The summed E-state index contributed by atoms with van der Waals surface area (Å²) < 4.78 is 37.5. The van der Waals surface area contributed by atoms with Crippen LogP contribution in [-0.2, 0) is 6.18 Å². The molecule has 2 unspecified atom stereocenters. The maximum atomic E-state index is 12.5. The first kappa shape index (κ1) is 11.8. The monoisotopic (exact) mass is 248 g/mol. The van der Waals surface area contributed by atoms with Gasteiger partial charge in [-0.3, -0.25) is 0 Å². The molecule has 0 spiro atoms. The van der Waals surface area contributed by atoms with Gasteiger partial charge in [0.1, 0.15) is 0 Å². The van der Waals surface area contributed by atoms with Gasteiger partial charge in [0, 0.05) is 5.38 Å². The van der Waals surface area contributed by atoms with Crippen molar-refractivity contribution in [3.05, 3.63) is 35.4 Å². The topological polar surface area (TPSA) is 0 Å². The smallest absolute Gasteiger partial charge is 0.166 e. The Morgan fingerprint density at radius 3 is 2.50 bits per heavy atom. The summed E-state index contributed by atoms with van der Waals surface area (Å²) in [5.74, 6) is 0.185. The molecule has 1 aromatic carbocycles. The molecule has 2 atom stereocenters. The van der Waals surface area contributed by atoms with E-state index in [2.05, 4.69) is 0 Å². The molecule has 0 radical (unpaired) electrons. The lowest BCUT2D eigenvalue weighted by Crippen LogP contribution is -2.06. The Hall–Kier alpha value is -0.700. The number of hydrogen-bond acceptors (Lipinski definition) is 0. The molecule has 0 nitrogen and oxygen atoms in total. The molecule has 0 heterocycles. The number of halogens is 4. The van der Waals surface area contributed by atoms with Crippen LogP contribution in [0.3, 0.4) is 0 Å². The zero-order valence-corrected chi connectivity index (χ0v) is 9.35. The van der Waals surface area contributed by atoms with Crippen LogP contribution in [0.2, 0.25) is 0 Å². The van der Waals surface area contributed by atoms with E-state index >= 15 is 0 Å². The minimum Gasteiger partial charge on any atom is -0.166 e. The van der Waals surface area contributed by atoms with Gasteiger partial charge in [0.15, 0.2) is 0 Å². The molecule has 1 saturated carbocycles. The molecule has 0 saturated heterocycles. The van der Waals surface area contributed by atoms with Crippen molar-refractivity contribution >= 4 is 11.6 Å². The third-order valence-electron chi connectivity index (χ3n) is 3.05. The molecule has 1 aliphatic carbocycles. The summed E-state index contributed by atoms with van der Waals surface area (Å²) in [5, 5.41) is 0.111. The quantitative estimate of drug-likeness (QED) is 0.638. The normalized spacial score (nSPS) is 26.0. The van der Waals surface area contributed by atoms with Crippen molar-refractivity contribution in [3.8, 4) is 0 Å². The van der Waals surface area contributed by atoms with E-state index in [4.69, 9.17) is 11.6 Å². The van der Waals surface area contributed by atoms with Crippen molar-refractivity contribution in [2.45, 2.75) is 36.7 Å². The van der Waals surface area contributed by atoms with Crippen LogP contribution in [0.5, 0.6) is 0 Å². The van der Waals surface area contributed by atoms with Crippen molar-refractivity contribution in [1.29, 1.82) is 0 Å². The van der Waals surface area contributed by atoms with Gasteiger partial charge in [0.25, 0.3) is 0 Å². The first-order chi connectivity index (χ1) is 7.47. The van der Waals surface area contributed by atoms with Gasteiger partial charge in [-0.2, -0.15) is 13.2 Å². The van der Waals surface area contributed by atoms with Crippen LogP contribution in [-0.4, -0.2) is 5.38 Å². The third kappa shape index (κ3) is 2.51. The Morgan fingerprint density at radius 2 is 1.94 bits per heavy atom. The maximum absolute atomic E-state index is 12.5. The van der Waals surface area contributed by atoms with Crippen LogP contribution in [0, 0.1) is 0 Å². The van der Waals surface area contributed by atoms with Gasteiger partial charge in [-0.05, 0) is 36.8 Å². The average Bonchev–Trinajstić information content (AvgIpc) is 2.64. The van der Waals surface area contributed by atoms with Gasteiger partial charge in [-0.15, -0.1) is 11.6 Å². The highest BCUT2D eigenvalue weighted by Gasteiger charge is 2.32. The van der Waals surface area contributed by atoms with E-state index in [9.17, 15) is 13.2 Å². The predicted octanol–water partition coefficient (Wildman–Crippen LogP) is 4.58. The number of benzene rings is 1. The lowest BCUT2D eigenvalue weighted by atomic mass is 9.96. The van der Waals surface area contributed by atoms with Crippen LogP contribution >= 0.6 is 11.6 Å². The third-order valence-corrected chi connectivity index (χ3v) is 3.45. The zero-order chi connectivity index (χ0) is 11.8. The Labute approximate surface area is 97.4 Å². The summed E-state index contributed by atoms with van der Waals surface area (Å²) in [6.07, 6.45) is -1.70. The number of rotatable bonds is 1. The molecule has 16 heavy (non-hydrogen) atoms. The van der Waals surface area contributed by atoms with Crippen LogP contribution < -0.4 is 0 Å². The molecule has 4 heteroatoms. The predicted molar refractivity (Wildman–Crippen MR) is 57.7 cm³/mol. The Bertz CT molecular complexity index is 373. The molecule has 2 rings (SSSR count). The van der Waals surface area contributed by atoms with Gasteiger partial charge in [0.05, 0.1) is 5.56 Å². The summed E-state index contributed by atoms with van der Waals surface area (Å²) in [7, 11) is 0. The van der Waals surface area contributed by atoms with Crippen molar-refractivity contribution in [2.24, 2.45) is 0 Å². The molecule has 88 valence electrons. The van der Waals surface area contributed by atoms with Crippen molar-refractivity contribution in [3.63, 3.8) is 0 Å². The largest absolute Gasteiger partial charge is 0.416 e. The molecule has 0 bridgehead atoms. The SMILES string of the molecule is FC(F)(F)c1cccc(C2CCC(Cl)C2)c1. The molecule has 0 aromatic heterocycles. The Balaban J connectivity index is 2.23. The minimum absolute atomic E-state index is 0.111. The van der Waals surface area contributed by atoms with E-state index in [1.807, 2.05) is 0 Å². The average molecular weight is 249 g/mol. The molecule has 1 aliphatic rings. The summed E-state index contributed by atoms with van der Waals surface area (Å²) in [4.78, 5) is 0. The zero-order valence-electron chi connectivity index (χ0n) is 8.60. The van der Waals surface area contributed by atoms with Gasteiger partial charge in [-0.1, -0.05) is 18.2 Å². The van der Waals surface area contributed by atoms with E-state index in [0.717, 1.165) is 30.9 Å². The Kier molecular flexibility index (Phi) is 3.15. The van der Waals surface area contributed by atoms with Gasteiger partial charge in [0.2, 0.25) is 0 Å². The number of alkyl halides is 4. The maximum Gasteiger partial charge on any atom is 0.416 e. The van der Waals surface area contributed by atoms with E-state index in [1.54, 1.807) is 6.07 Å². The first-order valence-corrected chi connectivity index (χ1v) is 5.71. The standard InChI is InChI=1S/C12H12ClF3/c13-11-5-4-9(7-11)8-2-1-3-10(6-8)12(14,15)16/h1-3,6,9,11H,4-5,7H2. The first-order valence-electron chi connectivity index (χ1n) is 5.28. The van der Waals surface area contributed by atoms with Gasteiger partial charge < -0.3 is 0 Å². The lowest BCUT2D eigenvalue weighted by molar-refractivity contribution is -0.137. The second kappa shape index (κ2) is 4.28. The molecule has 1 aromatic rings. The van der Waals surface area contributed by atoms with Crippen LogP contribution in [0.4, 0.5) is 13.2 Å². The molecule has 0 amide bonds. The van der Waals surface area contributed by atoms with Crippen molar-refractivity contribution < 1.29 is 13.2 Å². The summed E-state index contributed by atoms with van der Waals surface area (Å²) in [6, 6.07) is 5.59. The fraction of sp³-hybridized carbons (Fsp3) is 0.500. The summed E-state index contributed by atoms with van der Waals surface area (Å²) in [5.41, 5.74) is 0.195. The second-order valence-corrected chi connectivity index (χ2v) is 4.85.